The molecule has 29 heavy (non-hydrogen) atoms. The van der Waals surface area contributed by atoms with Gasteiger partial charge in [0.25, 0.3) is 0 Å². The van der Waals surface area contributed by atoms with Crippen LogP contribution in [-0.2, 0) is 16.0 Å². The van der Waals surface area contributed by atoms with Crippen molar-refractivity contribution in [3.63, 3.8) is 0 Å². The number of guanidine groups is 1. The molecule has 1 saturated heterocycles. The van der Waals surface area contributed by atoms with Gasteiger partial charge in [-0.25, -0.2) is 0 Å². The Hall–Kier alpha value is -2.06. The van der Waals surface area contributed by atoms with Gasteiger partial charge in [-0.1, -0.05) is 0 Å². The predicted octanol–water partition coefficient (Wildman–Crippen LogP) is 1.24. The Balaban J connectivity index is 1.82. The number of aliphatic imine (C=N–C) groups is 1. The molecule has 1 aliphatic rings. The largest absolute Gasteiger partial charge is 0.469 e. The second kappa shape index (κ2) is 12.5. The van der Waals surface area contributed by atoms with Gasteiger partial charge in [-0.15, -0.1) is 0 Å². The third-order valence-electron chi connectivity index (χ3n) is 4.88. The van der Waals surface area contributed by atoms with Crippen molar-refractivity contribution < 1.29 is 13.9 Å². The van der Waals surface area contributed by atoms with Crippen LogP contribution in [0.1, 0.15) is 33.0 Å². The summed E-state index contributed by atoms with van der Waals surface area (Å²) in [6, 6.07) is 3.86. The number of carbonyl (C=O) groups excluding carboxylic acids is 1. The Kier molecular flexibility index (Phi) is 10.0. The van der Waals surface area contributed by atoms with Crippen LogP contribution in [0.25, 0.3) is 0 Å². The Morgan fingerprint density at radius 2 is 1.97 bits per heavy atom. The molecule has 0 spiro atoms. The molecule has 0 saturated carbocycles. The first-order chi connectivity index (χ1) is 14.0. The SMILES string of the molecule is CCNC(=O)C(C)(C)CN=C(NCCCN1CCOCC1)NCCc1ccco1. The normalized spacial score (nSPS) is 15.9. The molecule has 1 aromatic rings. The van der Waals surface area contributed by atoms with Crippen LogP contribution in [0.15, 0.2) is 27.8 Å². The van der Waals surface area contributed by atoms with E-state index in [2.05, 4.69) is 25.8 Å². The average molecular weight is 408 g/mol. The maximum Gasteiger partial charge on any atom is 0.227 e. The van der Waals surface area contributed by atoms with E-state index >= 15 is 0 Å². The van der Waals surface area contributed by atoms with Crippen molar-refractivity contribution in [2.45, 2.75) is 33.6 Å². The number of hydrogen-bond donors (Lipinski definition) is 3. The zero-order chi connectivity index (χ0) is 21.0. The summed E-state index contributed by atoms with van der Waals surface area (Å²) in [6.45, 7) is 13.0. The minimum atomic E-state index is -0.556. The van der Waals surface area contributed by atoms with Crippen molar-refractivity contribution in [3.05, 3.63) is 24.2 Å². The smallest absolute Gasteiger partial charge is 0.227 e. The third kappa shape index (κ3) is 8.87. The zero-order valence-electron chi connectivity index (χ0n) is 18.1. The Morgan fingerprint density at radius 1 is 1.21 bits per heavy atom. The van der Waals surface area contributed by atoms with Crippen molar-refractivity contribution in [1.29, 1.82) is 0 Å². The summed E-state index contributed by atoms with van der Waals surface area (Å²) in [4.78, 5) is 19.3. The highest BCUT2D eigenvalue weighted by molar-refractivity contribution is 5.83. The molecule has 0 bridgehead atoms. The molecule has 2 heterocycles. The van der Waals surface area contributed by atoms with E-state index in [-0.39, 0.29) is 5.91 Å². The van der Waals surface area contributed by atoms with E-state index in [9.17, 15) is 4.79 Å². The van der Waals surface area contributed by atoms with Gasteiger partial charge >= 0.3 is 0 Å². The summed E-state index contributed by atoms with van der Waals surface area (Å²) in [5, 5.41) is 9.64. The van der Waals surface area contributed by atoms with Gasteiger partial charge in [0, 0.05) is 39.1 Å². The van der Waals surface area contributed by atoms with Crippen LogP contribution < -0.4 is 16.0 Å². The molecular formula is C21H37N5O3. The summed E-state index contributed by atoms with van der Waals surface area (Å²) >= 11 is 0. The molecule has 1 fully saturated rings. The Bertz CT molecular complexity index is 610. The highest BCUT2D eigenvalue weighted by atomic mass is 16.5. The Morgan fingerprint density at radius 3 is 2.66 bits per heavy atom. The lowest BCUT2D eigenvalue weighted by Gasteiger charge is -2.26. The Labute approximate surface area is 174 Å². The molecule has 8 nitrogen and oxygen atoms in total. The molecule has 1 aromatic heterocycles. The molecule has 8 heteroatoms. The van der Waals surface area contributed by atoms with Gasteiger partial charge in [-0.2, -0.15) is 0 Å². The molecular weight excluding hydrogens is 370 g/mol. The number of nitrogens with zero attached hydrogens (tertiary/aromatic N) is 2. The second-order valence-electron chi connectivity index (χ2n) is 7.90. The molecule has 164 valence electrons. The number of rotatable bonds is 11. The van der Waals surface area contributed by atoms with Crippen molar-refractivity contribution in [2.75, 3.05) is 59.0 Å². The van der Waals surface area contributed by atoms with E-state index in [1.165, 1.54) is 0 Å². The minimum absolute atomic E-state index is 0.0194. The number of morpholine rings is 1. The second-order valence-corrected chi connectivity index (χ2v) is 7.90. The molecule has 1 amide bonds. The fraction of sp³-hybridized carbons (Fsp3) is 0.714. The van der Waals surface area contributed by atoms with E-state index in [0.717, 1.165) is 64.0 Å². The number of carbonyl (C=O) groups is 1. The topological polar surface area (TPSA) is 91.1 Å². The van der Waals surface area contributed by atoms with E-state index in [1.54, 1.807) is 6.26 Å². The zero-order valence-corrected chi connectivity index (χ0v) is 18.1. The number of nitrogens with one attached hydrogen (secondary N) is 3. The average Bonchev–Trinajstić information content (AvgIpc) is 3.23. The number of hydrogen-bond acceptors (Lipinski definition) is 5. The molecule has 0 radical (unpaired) electrons. The number of amides is 1. The van der Waals surface area contributed by atoms with Gasteiger partial charge < -0.3 is 25.1 Å². The van der Waals surface area contributed by atoms with Gasteiger partial charge in [-0.3, -0.25) is 14.7 Å². The van der Waals surface area contributed by atoms with E-state index in [0.29, 0.717) is 19.6 Å². The molecule has 0 aliphatic carbocycles. The first-order valence-electron chi connectivity index (χ1n) is 10.6. The van der Waals surface area contributed by atoms with Crippen molar-refractivity contribution in [3.8, 4) is 0 Å². The molecule has 0 atom stereocenters. The molecule has 3 N–H and O–H groups in total. The summed E-state index contributed by atoms with van der Waals surface area (Å²) < 4.78 is 10.8. The standard InChI is InChI=1S/C21H37N5O3/c1-4-22-19(27)21(2,3)17-25-20(24-10-8-18-7-5-14-29-18)23-9-6-11-26-12-15-28-16-13-26/h5,7,14H,4,6,8-13,15-17H2,1-3H3,(H,22,27)(H2,23,24,25). The predicted molar refractivity (Wildman–Crippen MR) is 115 cm³/mol. The molecule has 0 unspecified atom stereocenters. The van der Waals surface area contributed by atoms with Crippen molar-refractivity contribution in [1.82, 2.24) is 20.9 Å². The summed E-state index contributed by atoms with van der Waals surface area (Å²) in [5.74, 6) is 1.69. The van der Waals surface area contributed by atoms with Crippen LogP contribution in [0, 0.1) is 5.41 Å². The first-order valence-corrected chi connectivity index (χ1v) is 10.6. The monoisotopic (exact) mass is 407 g/mol. The van der Waals surface area contributed by atoms with E-state index < -0.39 is 5.41 Å². The van der Waals surface area contributed by atoms with Gasteiger partial charge in [0.1, 0.15) is 5.76 Å². The fourth-order valence-corrected chi connectivity index (χ4v) is 3.02. The molecule has 0 aromatic carbocycles. The first kappa shape index (κ1) is 23.2. The quantitative estimate of drug-likeness (QED) is 0.290. The highest BCUT2D eigenvalue weighted by Crippen LogP contribution is 2.15. The van der Waals surface area contributed by atoms with Crippen LogP contribution in [-0.4, -0.2) is 75.8 Å². The van der Waals surface area contributed by atoms with Crippen LogP contribution >= 0.6 is 0 Å². The van der Waals surface area contributed by atoms with Gasteiger partial charge in [0.05, 0.1) is 31.4 Å². The summed E-state index contributed by atoms with van der Waals surface area (Å²) in [7, 11) is 0. The lowest BCUT2D eigenvalue weighted by atomic mass is 9.92. The van der Waals surface area contributed by atoms with Gasteiger partial charge in [0.2, 0.25) is 5.91 Å². The number of furan rings is 1. The molecule has 2 rings (SSSR count). The van der Waals surface area contributed by atoms with Crippen molar-refractivity contribution >= 4 is 11.9 Å². The van der Waals surface area contributed by atoms with Crippen LogP contribution in [0.3, 0.4) is 0 Å². The van der Waals surface area contributed by atoms with E-state index in [1.807, 2.05) is 32.9 Å². The summed E-state index contributed by atoms with van der Waals surface area (Å²) in [5.41, 5.74) is -0.556. The lowest BCUT2D eigenvalue weighted by molar-refractivity contribution is -0.128. The molecule has 1 aliphatic heterocycles. The van der Waals surface area contributed by atoms with Gasteiger partial charge in [0.15, 0.2) is 5.96 Å². The van der Waals surface area contributed by atoms with Crippen LogP contribution in [0.4, 0.5) is 0 Å². The van der Waals surface area contributed by atoms with Gasteiger partial charge in [-0.05, 0) is 45.9 Å². The maximum absolute atomic E-state index is 12.2. The third-order valence-corrected chi connectivity index (χ3v) is 4.88. The van der Waals surface area contributed by atoms with Crippen molar-refractivity contribution in [2.24, 2.45) is 10.4 Å². The van der Waals surface area contributed by atoms with Crippen LogP contribution in [0.2, 0.25) is 0 Å². The fourth-order valence-electron chi connectivity index (χ4n) is 3.02. The minimum Gasteiger partial charge on any atom is -0.469 e. The van der Waals surface area contributed by atoms with Crippen LogP contribution in [0.5, 0.6) is 0 Å². The maximum atomic E-state index is 12.2. The highest BCUT2D eigenvalue weighted by Gasteiger charge is 2.26. The number of ether oxygens (including phenoxy) is 1. The van der Waals surface area contributed by atoms with E-state index in [4.69, 9.17) is 9.15 Å². The summed E-state index contributed by atoms with van der Waals surface area (Å²) in [6.07, 6.45) is 3.49. The lowest BCUT2D eigenvalue weighted by Crippen LogP contribution is -2.43.